The van der Waals surface area contributed by atoms with Gasteiger partial charge in [-0.2, -0.15) is 13.2 Å². The Morgan fingerprint density at radius 2 is 1.80 bits per heavy atom. The van der Waals surface area contributed by atoms with Gasteiger partial charge < -0.3 is 19.9 Å². The number of aromatic hydroxyl groups is 1. The zero-order valence-electron chi connectivity index (χ0n) is 15.3. The summed E-state index contributed by atoms with van der Waals surface area (Å²) in [6.45, 7) is 1.17. The Balaban J connectivity index is 2.31. The van der Waals surface area contributed by atoms with Gasteiger partial charge in [-0.1, -0.05) is 24.3 Å². The zero-order chi connectivity index (χ0) is 22.2. The number of hydrogen-bond acceptors (Lipinski definition) is 5. The minimum absolute atomic E-state index is 0.0285. The van der Waals surface area contributed by atoms with E-state index in [2.05, 4.69) is 9.73 Å². The maximum Gasteiger partial charge on any atom is 0.416 e. The van der Waals surface area contributed by atoms with Crippen LogP contribution in [0.5, 0.6) is 5.95 Å². The van der Waals surface area contributed by atoms with Crippen molar-refractivity contribution < 1.29 is 37.4 Å². The molecule has 2 aromatic carbocycles. The molecule has 30 heavy (non-hydrogen) atoms. The van der Waals surface area contributed by atoms with Crippen LogP contribution in [0.2, 0.25) is 0 Å². The van der Waals surface area contributed by atoms with Crippen molar-refractivity contribution in [1.82, 2.24) is 5.32 Å². The van der Waals surface area contributed by atoms with E-state index in [0.29, 0.717) is 0 Å². The van der Waals surface area contributed by atoms with Crippen molar-refractivity contribution in [2.24, 2.45) is 0 Å². The number of aliphatic carboxylic acids is 1. The predicted octanol–water partition coefficient (Wildman–Crippen LogP) is 3.39. The molecule has 0 saturated heterocycles. The van der Waals surface area contributed by atoms with Gasteiger partial charge >= 0.3 is 17.8 Å². The predicted molar refractivity (Wildman–Crippen MR) is 99.2 cm³/mol. The molecule has 1 atom stereocenters. The van der Waals surface area contributed by atoms with E-state index in [9.17, 15) is 32.7 Å². The molecule has 0 aliphatic carbocycles. The number of benzene rings is 2. The van der Waals surface area contributed by atoms with Crippen molar-refractivity contribution in [3.63, 3.8) is 0 Å². The summed E-state index contributed by atoms with van der Waals surface area (Å²) < 4.78 is 44.0. The van der Waals surface area contributed by atoms with Crippen LogP contribution in [0.25, 0.3) is 21.9 Å². The van der Waals surface area contributed by atoms with E-state index in [-0.39, 0.29) is 21.9 Å². The number of carbonyl (C=O) groups excluding carboxylic acids is 1. The Hall–Kier alpha value is -3.82. The van der Waals surface area contributed by atoms with Gasteiger partial charge in [0.15, 0.2) is 0 Å². The lowest BCUT2D eigenvalue weighted by molar-refractivity contribution is -0.139. The normalized spacial score (nSPS) is 12.5. The first kappa shape index (κ1) is 20.9. The number of carbonyl (C=O) groups is 2. The summed E-state index contributed by atoms with van der Waals surface area (Å²) in [5.41, 5.74) is -2.45. The van der Waals surface area contributed by atoms with Crippen molar-refractivity contribution in [1.29, 1.82) is 0 Å². The van der Waals surface area contributed by atoms with Crippen molar-refractivity contribution in [2.45, 2.75) is 19.1 Å². The Kier molecular flexibility index (Phi) is 5.26. The van der Waals surface area contributed by atoms with Crippen LogP contribution in [0.1, 0.15) is 22.8 Å². The third-order valence-corrected chi connectivity index (χ3v) is 4.38. The molecule has 0 aliphatic rings. The first-order chi connectivity index (χ1) is 14.0. The van der Waals surface area contributed by atoms with E-state index < -0.39 is 46.8 Å². The Morgan fingerprint density at radius 1 is 1.13 bits per heavy atom. The van der Waals surface area contributed by atoms with Crippen molar-refractivity contribution >= 4 is 22.6 Å². The van der Waals surface area contributed by atoms with Crippen LogP contribution in [0.3, 0.4) is 0 Å². The number of carboxylic acid groups (broad SMARTS) is 1. The molecule has 1 amide bonds. The highest BCUT2D eigenvalue weighted by atomic mass is 19.4. The second kappa shape index (κ2) is 7.54. The van der Waals surface area contributed by atoms with E-state index >= 15 is 0 Å². The summed E-state index contributed by atoms with van der Waals surface area (Å²) in [6, 6.07) is 6.88. The molecule has 0 bridgehead atoms. The Bertz CT molecular complexity index is 1220. The lowest BCUT2D eigenvalue weighted by atomic mass is 9.94. The fourth-order valence-electron chi connectivity index (χ4n) is 2.94. The van der Waals surface area contributed by atoms with Gasteiger partial charge in [0.05, 0.1) is 10.9 Å². The lowest BCUT2D eigenvalue weighted by Gasteiger charge is -2.15. The topological polar surface area (TPSA) is 117 Å². The number of hydrogen-bond donors (Lipinski definition) is 3. The Morgan fingerprint density at radius 3 is 2.43 bits per heavy atom. The van der Waals surface area contributed by atoms with Crippen LogP contribution in [-0.2, 0) is 11.0 Å². The van der Waals surface area contributed by atoms with Gasteiger partial charge in [-0.25, -0.2) is 4.79 Å². The first-order valence-corrected chi connectivity index (χ1v) is 8.50. The van der Waals surface area contributed by atoms with Crippen LogP contribution in [0.15, 0.2) is 51.7 Å². The number of fused-ring (bicyclic) bond motifs is 1. The fraction of sp³-hybridized carbons (Fsp3) is 0.150. The second-order valence-corrected chi connectivity index (χ2v) is 6.41. The number of nitrogens with one attached hydrogen (secondary N) is 1. The maximum atomic E-state index is 13.1. The molecule has 10 heteroatoms. The molecule has 156 valence electrons. The maximum absolute atomic E-state index is 13.1. The SMILES string of the molecule is C[C@H](NC(=O)c1c(O)oc(=O)c2cccc(-c3cccc(C(F)(F)F)c3)c12)C(=O)O. The van der Waals surface area contributed by atoms with Crippen LogP contribution in [0.4, 0.5) is 13.2 Å². The standard InChI is InChI=1S/C20H14F3NO6/c1-9(17(26)27)24-16(25)15-14-12(6-3-7-13(14)18(28)30-19(15)29)10-4-2-5-11(8-10)20(21,22)23/h2-9,29H,1H3,(H,24,25)(H,26,27)/t9-/m0/s1. The van der Waals surface area contributed by atoms with Crippen LogP contribution < -0.4 is 10.9 Å². The largest absolute Gasteiger partial charge is 0.480 e. The molecule has 0 aliphatic heterocycles. The fourth-order valence-corrected chi connectivity index (χ4v) is 2.94. The summed E-state index contributed by atoms with van der Waals surface area (Å²) in [5.74, 6) is -3.51. The highest BCUT2D eigenvalue weighted by molar-refractivity contribution is 6.13. The quantitative estimate of drug-likeness (QED) is 0.595. The summed E-state index contributed by atoms with van der Waals surface area (Å²) in [6.07, 6.45) is -4.63. The van der Waals surface area contributed by atoms with Crippen molar-refractivity contribution in [2.75, 3.05) is 0 Å². The highest BCUT2D eigenvalue weighted by Crippen LogP contribution is 2.36. The minimum Gasteiger partial charge on any atom is -0.480 e. The molecule has 0 saturated carbocycles. The second-order valence-electron chi connectivity index (χ2n) is 6.41. The van der Waals surface area contributed by atoms with Crippen molar-refractivity contribution in [3.8, 4) is 17.1 Å². The smallest absolute Gasteiger partial charge is 0.416 e. The van der Waals surface area contributed by atoms with E-state index in [0.717, 1.165) is 18.2 Å². The highest BCUT2D eigenvalue weighted by Gasteiger charge is 2.31. The van der Waals surface area contributed by atoms with Gasteiger partial charge in [-0.3, -0.25) is 9.59 Å². The molecular formula is C20H14F3NO6. The molecule has 0 fully saturated rings. The average molecular weight is 421 g/mol. The van der Waals surface area contributed by atoms with Crippen LogP contribution >= 0.6 is 0 Å². The lowest BCUT2D eigenvalue weighted by Crippen LogP contribution is -2.38. The van der Waals surface area contributed by atoms with E-state index in [1.54, 1.807) is 0 Å². The number of halogens is 3. The summed E-state index contributed by atoms with van der Waals surface area (Å²) in [7, 11) is 0. The molecule has 3 rings (SSSR count). The number of rotatable bonds is 4. The van der Waals surface area contributed by atoms with Crippen LogP contribution in [-0.4, -0.2) is 28.1 Å². The zero-order valence-corrected chi connectivity index (χ0v) is 15.3. The van der Waals surface area contributed by atoms with Gasteiger partial charge in [0.1, 0.15) is 11.6 Å². The minimum atomic E-state index is -4.63. The Labute approximate surface area is 166 Å². The van der Waals surface area contributed by atoms with Crippen molar-refractivity contribution in [3.05, 3.63) is 64.0 Å². The molecule has 0 radical (unpaired) electrons. The molecular weight excluding hydrogens is 407 g/mol. The molecule has 3 aromatic rings. The number of amides is 1. The molecule has 1 heterocycles. The summed E-state index contributed by atoms with van der Waals surface area (Å²) in [5, 5.41) is 20.9. The third-order valence-electron chi connectivity index (χ3n) is 4.38. The molecule has 3 N–H and O–H groups in total. The monoisotopic (exact) mass is 421 g/mol. The van der Waals surface area contributed by atoms with Gasteiger partial charge in [0.2, 0.25) is 0 Å². The third kappa shape index (κ3) is 3.84. The number of alkyl halides is 3. The van der Waals surface area contributed by atoms with Gasteiger partial charge in [-0.05, 0) is 36.2 Å². The van der Waals surface area contributed by atoms with Crippen LogP contribution in [0, 0.1) is 0 Å². The molecule has 0 spiro atoms. The molecule has 7 nitrogen and oxygen atoms in total. The average Bonchev–Trinajstić information content (AvgIpc) is 2.67. The number of carboxylic acids is 1. The summed E-state index contributed by atoms with van der Waals surface area (Å²) in [4.78, 5) is 35.9. The first-order valence-electron chi connectivity index (χ1n) is 8.50. The van der Waals surface area contributed by atoms with E-state index in [1.807, 2.05) is 0 Å². The van der Waals surface area contributed by atoms with E-state index in [4.69, 9.17) is 5.11 Å². The molecule has 1 aromatic heterocycles. The van der Waals surface area contributed by atoms with Gasteiger partial charge in [0.25, 0.3) is 11.9 Å². The van der Waals surface area contributed by atoms with Gasteiger partial charge in [-0.15, -0.1) is 0 Å². The van der Waals surface area contributed by atoms with Gasteiger partial charge in [0, 0.05) is 5.39 Å². The molecule has 0 unspecified atom stereocenters. The van der Waals surface area contributed by atoms with E-state index in [1.165, 1.54) is 31.2 Å². The summed E-state index contributed by atoms with van der Waals surface area (Å²) >= 11 is 0.